The van der Waals surface area contributed by atoms with Crippen LogP contribution in [-0.4, -0.2) is 8.42 Å². The van der Waals surface area contributed by atoms with Crippen molar-refractivity contribution in [1.29, 1.82) is 0 Å². The zero-order valence-corrected chi connectivity index (χ0v) is 12.4. The molecule has 0 radical (unpaired) electrons. The van der Waals surface area contributed by atoms with E-state index in [4.69, 9.17) is 0 Å². The Hall–Kier alpha value is -1.61. The number of rotatable bonds is 3. The molecular weight excluding hydrogens is 378 g/mol. The van der Waals surface area contributed by atoms with E-state index in [1.807, 2.05) is 0 Å². The van der Waals surface area contributed by atoms with Crippen molar-refractivity contribution in [3.8, 4) is 0 Å². The first-order valence-electron chi connectivity index (χ1n) is 5.33. The van der Waals surface area contributed by atoms with E-state index >= 15 is 0 Å². The third-order valence-corrected chi connectivity index (χ3v) is 4.73. The maximum absolute atomic E-state index is 13.6. The van der Waals surface area contributed by atoms with Gasteiger partial charge in [0.2, 0.25) is 0 Å². The summed E-state index contributed by atoms with van der Waals surface area (Å²) in [5.41, 5.74) is -0.689. The maximum Gasteiger partial charge on any atom is 0.266 e. The van der Waals surface area contributed by atoms with Gasteiger partial charge in [0.1, 0.15) is 28.2 Å². The first kappa shape index (κ1) is 15.8. The molecule has 0 atom stereocenters. The number of halogens is 5. The van der Waals surface area contributed by atoms with Crippen LogP contribution >= 0.6 is 15.9 Å². The monoisotopic (exact) mass is 383 g/mol. The number of hydrogen-bond donors (Lipinski definition) is 1. The van der Waals surface area contributed by atoms with Gasteiger partial charge in [-0.1, -0.05) is 0 Å². The van der Waals surface area contributed by atoms with Gasteiger partial charge in [-0.25, -0.2) is 26.0 Å². The van der Waals surface area contributed by atoms with E-state index in [9.17, 15) is 26.0 Å². The zero-order chi connectivity index (χ0) is 15.8. The van der Waals surface area contributed by atoms with Crippen molar-refractivity contribution >= 4 is 31.6 Å². The van der Waals surface area contributed by atoms with Gasteiger partial charge in [-0.2, -0.15) is 0 Å². The van der Waals surface area contributed by atoms with Crippen LogP contribution in [0.1, 0.15) is 0 Å². The lowest BCUT2D eigenvalue weighted by molar-refractivity contribution is 0.548. The van der Waals surface area contributed by atoms with Crippen molar-refractivity contribution in [2.45, 2.75) is 4.90 Å². The standard InChI is InChI=1S/C12H6BrF4NO2S/c13-8-3-7(15)4-10(17)12(8)21(19,20)18-11-5-6(14)1-2-9(11)16/h1-5,18H. The molecule has 0 bridgehead atoms. The van der Waals surface area contributed by atoms with E-state index in [-0.39, 0.29) is 4.47 Å². The van der Waals surface area contributed by atoms with E-state index in [0.717, 1.165) is 12.1 Å². The molecule has 0 saturated heterocycles. The first-order chi connectivity index (χ1) is 9.70. The summed E-state index contributed by atoms with van der Waals surface area (Å²) in [7, 11) is -4.58. The van der Waals surface area contributed by atoms with Crippen LogP contribution in [-0.2, 0) is 10.0 Å². The Morgan fingerprint density at radius 1 is 0.905 bits per heavy atom. The molecule has 0 aliphatic heterocycles. The third kappa shape index (κ3) is 3.35. The highest BCUT2D eigenvalue weighted by Gasteiger charge is 2.25. The lowest BCUT2D eigenvalue weighted by atomic mass is 10.3. The second kappa shape index (κ2) is 5.64. The van der Waals surface area contributed by atoms with Gasteiger partial charge in [0.25, 0.3) is 10.0 Å². The normalized spacial score (nSPS) is 11.5. The second-order valence-electron chi connectivity index (χ2n) is 3.93. The molecule has 2 rings (SSSR count). The van der Waals surface area contributed by atoms with E-state index in [2.05, 4.69) is 15.9 Å². The minimum atomic E-state index is -4.58. The van der Waals surface area contributed by atoms with Crippen molar-refractivity contribution in [3.63, 3.8) is 0 Å². The summed E-state index contributed by atoms with van der Waals surface area (Å²) < 4.78 is 78.4. The van der Waals surface area contributed by atoms with Gasteiger partial charge in [-0.15, -0.1) is 0 Å². The van der Waals surface area contributed by atoms with E-state index in [1.54, 1.807) is 4.72 Å². The summed E-state index contributed by atoms with van der Waals surface area (Å²) in [6, 6.07) is 3.20. The van der Waals surface area contributed by atoms with Gasteiger partial charge in [0, 0.05) is 16.6 Å². The number of benzene rings is 2. The molecule has 0 saturated carbocycles. The first-order valence-corrected chi connectivity index (χ1v) is 7.61. The molecule has 0 unspecified atom stereocenters. The van der Waals surface area contributed by atoms with Gasteiger partial charge in [0.05, 0.1) is 5.69 Å². The Kier molecular flexibility index (Phi) is 4.24. The molecule has 112 valence electrons. The smallest absolute Gasteiger partial charge is 0.266 e. The summed E-state index contributed by atoms with van der Waals surface area (Å²) in [6.45, 7) is 0. The van der Waals surface area contributed by atoms with Crippen molar-refractivity contribution in [3.05, 3.63) is 58.1 Å². The molecule has 0 spiro atoms. The fraction of sp³-hybridized carbons (Fsp3) is 0. The van der Waals surface area contributed by atoms with Crippen LogP contribution in [0.5, 0.6) is 0 Å². The fourth-order valence-electron chi connectivity index (χ4n) is 1.56. The third-order valence-electron chi connectivity index (χ3n) is 2.40. The Bertz CT molecular complexity index is 788. The van der Waals surface area contributed by atoms with Crippen molar-refractivity contribution in [2.75, 3.05) is 4.72 Å². The van der Waals surface area contributed by atoms with Crippen molar-refractivity contribution in [1.82, 2.24) is 0 Å². The highest BCUT2D eigenvalue weighted by atomic mass is 79.9. The number of sulfonamides is 1. The molecule has 0 aliphatic rings. The highest BCUT2D eigenvalue weighted by molar-refractivity contribution is 9.10. The molecule has 3 nitrogen and oxygen atoms in total. The molecule has 0 fully saturated rings. The molecule has 0 aromatic heterocycles. The Morgan fingerprint density at radius 2 is 1.57 bits per heavy atom. The summed E-state index contributed by atoms with van der Waals surface area (Å²) in [5, 5.41) is 0. The quantitative estimate of drug-likeness (QED) is 0.819. The molecule has 0 amide bonds. The van der Waals surface area contributed by atoms with E-state index in [1.165, 1.54) is 0 Å². The molecule has 0 aliphatic carbocycles. The summed E-state index contributed by atoms with van der Waals surface area (Å²) in [6.07, 6.45) is 0. The number of hydrogen-bond acceptors (Lipinski definition) is 2. The summed E-state index contributed by atoms with van der Waals surface area (Å²) in [4.78, 5) is -0.910. The Balaban J connectivity index is 2.51. The van der Waals surface area contributed by atoms with Gasteiger partial charge in [-0.3, -0.25) is 4.72 Å². The molecule has 0 heterocycles. The minimum absolute atomic E-state index is 0.362. The molecule has 2 aromatic carbocycles. The van der Waals surface area contributed by atoms with Crippen LogP contribution < -0.4 is 4.72 Å². The molecule has 21 heavy (non-hydrogen) atoms. The Morgan fingerprint density at radius 3 is 2.19 bits per heavy atom. The topological polar surface area (TPSA) is 46.2 Å². The van der Waals surface area contributed by atoms with Crippen LogP contribution in [0.2, 0.25) is 0 Å². The molecule has 9 heteroatoms. The maximum atomic E-state index is 13.6. The van der Waals surface area contributed by atoms with Crippen LogP contribution in [0.3, 0.4) is 0 Å². The minimum Gasteiger partial charge on any atom is -0.276 e. The molecule has 2 aromatic rings. The van der Waals surface area contributed by atoms with E-state index < -0.39 is 43.9 Å². The fourth-order valence-corrected chi connectivity index (χ4v) is 3.78. The number of nitrogens with one attached hydrogen (secondary N) is 1. The predicted octanol–water partition coefficient (Wildman–Crippen LogP) is 3.81. The lowest BCUT2D eigenvalue weighted by Gasteiger charge is -2.11. The largest absolute Gasteiger partial charge is 0.276 e. The van der Waals surface area contributed by atoms with Crippen LogP contribution in [0, 0.1) is 23.3 Å². The second-order valence-corrected chi connectivity index (χ2v) is 6.40. The zero-order valence-electron chi connectivity index (χ0n) is 10.0. The number of anilines is 1. The summed E-state index contributed by atoms with van der Waals surface area (Å²) in [5.74, 6) is -4.28. The molecular formula is C12H6BrF4NO2S. The average molecular weight is 384 g/mol. The lowest BCUT2D eigenvalue weighted by Crippen LogP contribution is -2.16. The SMILES string of the molecule is O=S(=O)(Nc1cc(F)ccc1F)c1c(F)cc(F)cc1Br. The van der Waals surface area contributed by atoms with Crippen LogP contribution in [0.15, 0.2) is 39.7 Å². The Labute approximate surface area is 125 Å². The van der Waals surface area contributed by atoms with Crippen LogP contribution in [0.4, 0.5) is 23.2 Å². The average Bonchev–Trinajstić information content (AvgIpc) is 2.31. The predicted molar refractivity (Wildman–Crippen MR) is 71.2 cm³/mol. The van der Waals surface area contributed by atoms with Gasteiger partial charge < -0.3 is 0 Å². The van der Waals surface area contributed by atoms with E-state index in [0.29, 0.717) is 18.2 Å². The van der Waals surface area contributed by atoms with Gasteiger partial charge in [-0.05, 0) is 34.1 Å². The van der Waals surface area contributed by atoms with Gasteiger partial charge >= 0.3 is 0 Å². The van der Waals surface area contributed by atoms with Crippen LogP contribution in [0.25, 0.3) is 0 Å². The van der Waals surface area contributed by atoms with Gasteiger partial charge in [0.15, 0.2) is 0 Å². The summed E-state index contributed by atoms with van der Waals surface area (Å²) >= 11 is 2.71. The van der Waals surface area contributed by atoms with Crippen molar-refractivity contribution < 1.29 is 26.0 Å². The van der Waals surface area contributed by atoms with Crippen molar-refractivity contribution in [2.24, 2.45) is 0 Å². The molecule has 1 N–H and O–H groups in total. The highest BCUT2D eigenvalue weighted by Crippen LogP contribution is 2.28.